The van der Waals surface area contributed by atoms with Crippen molar-refractivity contribution in [1.29, 1.82) is 0 Å². The molecule has 4 heterocycles. The highest BCUT2D eigenvalue weighted by Crippen LogP contribution is 2.35. The van der Waals surface area contributed by atoms with Crippen LogP contribution in [0.4, 0.5) is 10.1 Å². The molecule has 9 nitrogen and oxygen atoms in total. The van der Waals surface area contributed by atoms with Gasteiger partial charge < -0.3 is 24.2 Å². The summed E-state index contributed by atoms with van der Waals surface area (Å²) in [5.41, 5.74) is 6.40. The predicted molar refractivity (Wildman–Crippen MR) is 119 cm³/mol. The molecular weight excluding hydrogens is 431 g/mol. The molecule has 0 radical (unpaired) electrons. The Hall–Kier alpha value is -3.66. The molecule has 2 unspecified atom stereocenters. The first-order chi connectivity index (χ1) is 15.8. The van der Waals surface area contributed by atoms with Crippen LogP contribution in [0.15, 0.2) is 40.9 Å². The lowest BCUT2D eigenvalue weighted by Crippen LogP contribution is -2.49. The second-order valence-corrected chi connectivity index (χ2v) is 8.51. The number of ether oxygens (including phenoxy) is 1. The molecule has 0 spiro atoms. The number of carbonyl (C=O) groups is 2. The van der Waals surface area contributed by atoms with Gasteiger partial charge in [-0.3, -0.25) is 15.3 Å². The van der Waals surface area contributed by atoms with Crippen LogP contribution in [0.3, 0.4) is 0 Å². The summed E-state index contributed by atoms with van der Waals surface area (Å²) < 4.78 is 22.1. The van der Waals surface area contributed by atoms with Crippen LogP contribution in [-0.4, -0.2) is 58.9 Å². The van der Waals surface area contributed by atoms with Crippen molar-refractivity contribution in [2.75, 3.05) is 31.1 Å². The number of nitrogens with zero attached hydrogens (tertiary/aromatic N) is 3. The third kappa shape index (κ3) is 3.37. The summed E-state index contributed by atoms with van der Waals surface area (Å²) >= 11 is 0. The summed E-state index contributed by atoms with van der Waals surface area (Å²) in [4.78, 5) is 40.6. The van der Waals surface area contributed by atoms with Crippen molar-refractivity contribution in [2.45, 2.75) is 25.6 Å². The van der Waals surface area contributed by atoms with Gasteiger partial charge in [0.05, 0.1) is 23.0 Å². The number of pyridine rings is 1. The highest BCUT2D eigenvalue weighted by atomic mass is 19.1. The van der Waals surface area contributed by atoms with Gasteiger partial charge in [0.2, 0.25) is 5.43 Å². The number of amides is 1. The van der Waals surface area contributed by atoms with Gasteiger partial charge >= 0.3 is 5.97 Å². The summed E-state index contributed by atoms with van der Waals surface area (Å²) in [5, 5.41) is 9.55. The van der Waals surface area contributed by atoms with E-state index >= 15 is 4.39 Å². The van der Waals surface area contributed by atoms with Crippen molar-refractivity contribution < 1.29 is 23.8 Å². The molecule has 2 atom stereocenters. The maximum atomic E-state index is 15.1. The van der Waals surface area contributed by atoms with E-state index in [1.807, 2.05) is 11.8 Å². The molecular formula is C23H23FN4O5. The van der Waals surface area contributed by atoms with Crippen LogP contribution in [0.1, 0.15) is 29.0 Å². The van der Waals surface area contributed by atoms with Gasteiger partial charge in [0.25, 0.3) is 5.91 Å². The lowest BCUT2D eigenvalue weighted by atomic mass is 9.94. The Morgan fingerprint density at radius 1 is 1.21 bits per heavy atom. The van der Waals surface area contributed by atoms with Crippen molar-refractivity contribution in [2.24, 2.45) is 5.73 Å². The second kappa shape index (κ2) is 7.73. The molecule has 10 heteroatoms. The van der Waals surface area contributed by atoms with E-state index in [0.717, 1.165) is 6.07 Å². The zero-order valence-electron chi connectivity index (χ0n) is 18.0. The van der Waals surface area contributed by atoms with Crippen LogP contribution < -0.4 is 16.1 Å². The molecule has 2 aromatic rings. The minimum atomic E-state index is -1.29. The van der Waals surface area contributed by atoms with Crippen LogP contribution in [0, 0.1) is 5.82 Å². The summed E-state index contributed by atoms with van der Waals surface area (Å²) in [6.45, 7) is 3.53. The number of carboxylic acids is 1. The molecule has 1 fully saturated rings. The van der Waals surface area contributed by atoms with E-state index in [-0.39, 0.29) is 22.9 Å². The summed E-state index contributed by atoms with van der Waals surface area (Å²) in [7, 11) is 0. The highest BCUT2D eigenvalue weighted by Gasteiger charge is 2.33. The first-order valence-electron chi connectivity index (χ1n) is 10.7. The topological polar surface area (TPSA) is 118 Å². The Morgan fingerprint density at radius 2 is 1.94 bits per heavy atom. The molecule has 1 saturated heterocycles. The lowest BCUT2D eigenvalue weighted by molar-refractivity contribution is -0.127. The molecule has 1 aromatic heterocycles. The number of anilines is 1. The Balaban J connectivity index is 1.43. The van der Waals surface area contributed by atoms with E-state index in [4.69, 9.17) is 10.5 Å². The number of aromatic carboxylic acids is 1. The van der Waals surface area contributed by atoms with Crippen LogP contribution in [0.5, 0.6) is 0 Å². The molecule has 0 bridgehead atoms. The molecule has 3 aliphatic rings. The van der Waals surface area contributed by atoms with Crippen molar-refractivity contribution in [1.82, 2.24) is 9.47 Å². The van der Waals surface area contributed by atoms with E-state index in [0.29, 0.717) is 55.1 Å². The van der Waals surface area contributed by atoms with Gasteiger partial charge in [0.15, 0.2) is 6.23 Å². The zero-order chi connectivity index (χ0) is 23.4. The molecule has 0 saturated carbocycles. The number of fused-ring (bicyclic) bond motifs is 3. The normalized spacial score (nSPS) is 21.8. The minimum Gasteiger partial charge on any atom is -0.479 e. The first-order valence-corrected chi connectivity index (χ1v) is 10.7. The van der Waals surface area contributed by atoms with Crippen LogP contribution >= 0.6 is 0 Å². The fourth-order valence-electron chi connectivity index (χ4n) is 4.78. The molecule has 172 valence electrons. The maximum absolute atomic E-state index is 15.1. The van der Waals surface area contributed by atoms with E-state index in [2.05, 4.69) is 0 Å². The molecule has 3 N–H and O–H groups in total. The van der Waals surface area contributed by atoms with E-state index < -0.39 is 23.4 Å². The number of carboxylic acid groups (broad SMARTS) is 1. The number of halogens is 1. The molecule has 3 aliphatic heterocycles. The van der Waals surface area contributed by atoms with Gasteiger partial charge in [0.1, 0.15) is 11.4 Å². The minimum absolute atomic E-state index is 0.0149. The van der Waals surface area contributed by atoms with Crippen LogP contribution in [0.2, 0.25) is 0 Å². The monoisotopic (exact) mass is 454 g/mol. The third-order valence-electron chi connectivity index (χ3n) is 6.49. The second-order valence-electron chi connectivity index (χ2n) is 8.51. The third-order valence-corrected chi connectivity index (χ3v) is 6.49. The van der Waals surface area contributed by atoms with Crippen molar-refractivity contribution in [3.8, 4) is 0 Å². The standard InChI is InChI=1S/C23H23FN4O5/c1-12-8-18-20(23(31)32)21(29)14-9-15(24)17(10-16(14)28(12)18)26-4-6-27(7-5-26)22(30)13-2-3-19(25)33-11-13/h2-3,9-12,19H,4-8,25H2,1H3,(H,31,32). The average molecular weight is 454 g/mol. The molecule has 1 amide bonds. The van der Waals surface area contributed by atoms with E-state index in [9.17, 15) is 19.5 Å². The average Bonchev–Trinajstić information content (AvgIpc) is 2.79. The SMILES string of the molecule is CC1Cc2c(C(=O)O)c(=O)c3cc(F)c(N4CCN(C(=O)C5=COC(N)C=C5)CC4)cc3n21. The highest BCUT2D eigenvalue weighted by molar-refractivity contribution is 5.97. The van der Waals surface area contributed by atoms with Gasteiger partial charge in [0, 0.05) is 49.7 Å². The Morgan fingerprint density at radius 3 is 2.55 bits per heavy atom. The Labute approximate surface area is 188 Å². The maximum Gasteiger partial charge on any atom is 0.341 e. The van der Waals surface area contributed by atoms with E-state index in [1.165, 1.54) is 6.26 Å². The number of carbonyl (C=O) groups excluding carboxylic acids is 1. The van der Waals surface area contributed by atoms with Crippen LogP contribution in [-0.2, 0) is 16.0 Å². The Kier molecular flexibility index (Phi) is 4.97. The zero-order valence-corrected chi connectivity index (χ0v) is 18.0. The van der Waals surface area contributed by atoms with Crippen molar-refractivity contribution in [3.63, 3.8) is 0 Å². The number of hydrogen-bond acceptors (Lipinski definition) is 6. The molecule has 1 aromatic carbocycles. The van der Waals surface area contributed by atoms with Crippen molar-refractivity contribution >= 4 is 28.5 Å². The molecule has 5 rings (SSSR count). The smallest absolute Gasteiger partial charge is 0.341 e. The lowest BCUT2D eigenvalue weighted by Gasteiger charge is -2.37. The molecule has 0 aliphatic carbocycles. The summed E-state index contributed by atoms with van der Waals surface area (Å²) in [6, 6.07) is 2.77. The predicted octanol–water partition coefficient (Wildman–Crippen LogP) is 1.36. The number of aromatic nitrogens is 1. The van der Waals surface area contributed by atoms with Gasteiger partial charge in [-0.25, -0.2) is 9.18 Å². The molecule has 33 heavy (non-hydrogen) atoms. The van der Waals surface area contributed by atoms with Crippen molar-refractivity contribution in [3.05, 3.63) is 63.4 Å². The summed E-state index contributed by atoms with van der Waals surface area (Å²) in [5.74, 6) is -2.07. The first kappa shape index (κ1) is 21.2. The van der Waals surface area contributed by atoms with E-state index in [1.54, 1.807) is 27.7 Å². The summed E-state index contributed by atoms with van der Waals surface area (Å²) in [6.07, 6.45) is 4.51. The largest absolute Gasteiger partial charge is 0.479 e. The fraction of sp³-hybridized carbons (Fsp3) is 0.348. The quantitative estimate of drug-likeness (QED) is 0.719. The number of hydrogen-bond donors (Lipinski definition) is 2. The fourth-order valence-corrected chi connectivity index (χ4v) is 4.78. The number of nitrogens with two attached hydrogens (primary N) is 1. The van der Waals surface area contributed by atoms with Gasteiger partial charge in [-0.15, -0.1) is 0 Å². The number of rotatable bonds is 3. The van der Waals surface area contributed by atoms with Gasteiger partial charge in [-0.05, 0) is 31.2 Å². The number of piperazine rings is 1. The van der Waals surface area contributed by atoms with Gasteiger partial charge in [-0.1, -0.05) is 0 Å². The van der Waals surface area contributed by atoms with Crippen LogP contribution in [0.25, 0.3) is 10.9 Å². The number of benzene rings is 1. The van der Waals surface area contributed by atoms with Gasteiger partial charge in [-0.2, -0.15) is 0 Å². The Bertz CT molecular complexity index is 1310.